The summed E-state index contributed by atoms with van der Waals surface area (Å²) in [5.74, 6) is -0.0354. The molecule has 0 aliphatic carbocycles. The Morgan fingerprint density at radius 1 is 1.19 bits per heavy atom. The van der Waals surface area contributed by atoms with Crippen molar-refractivity contribution in [2.45, 2.75) is 6.54 Å². The molecule has 8 heteroatoms. The van der Waals surface area contributed by atoms with Crippen molar-refractivity contribution in [1.82, 2.24) is 19.4 Å². The summed E-state index contributed by atoms with van der Waals surface area (Å²) in [6.07, 6.45) is 1.49. The summed E-state index contributed by atoms with van der Waals surface area (Å²) in [4.78, 5) is 34.8. The number of carbonyl (C=O) groups is 1. The molecule has 140 valence electrons. The molecule has 0 bridgehead atoms. The van der Waals surface area contributed by atoms with Gasteiger partial charge in [0.25, 0.3) is 5.56 Å². The first-order valence-electron chi connectivity index (χ1n) is 8.72. The number of aromatic nitrogens is 2. The van der Waals surface area contributed by atoms with Gasteiger partial charge in [-0.1, -0.05) is 28.1 Å². The van der Waals surface area contributed by atoms with Gasteiger partial charge in [-0.05, 0) is 24.7 Å². The van der Waals surface area contributed by atoms with E-state index in [4.69, 9.17) is 0 Å². The maximum absolute atomic E-state index is 13.1. The minimum atomic E-state index is -0.165. The van der Waals surface area contributed by atoms with Crippen LogP contribution in [0, 0.1) is 0 Å². The van der Waals surface area contributed by atoms with Crippen LogP contribution in [0.3, 0.4) is 0 Å². The van der Waals surface area contributed by atoms with Gasteiger partial charge in [-0.2, -0.15) is 0 Å². The van der Waals surface area contributed by atoms with Crippen LogP contribution in [0.5, 0.6) is 0 Å². The van der Waals surface area contributed by atoms with Crippen LogP contribution in [0.4, 0.5) is 0 Å². The molecule has 0 spiro atoms. The zero-order chi connectivity index (χ0) is 19.0. The quantitative estimate of drug-likeness (QED) is 0.620. The molecule has 1 aromatic carbocycles. The Kier molecular flexibility index (Phi) is 5.12. The highest BCUT2D eigenvalue weighted by atomic mass is 79.9. The van der Waals surface area contributed by atoms with Crippen molar-refractivity contribution in [3.05, 3.63) is 50.8 Å². The topological polar surface area (TPSA) is 58.4 Å². The van der Waals surface area contributed by atoms with Gasteiger partial charge < -0.3 is 9.80 Å². The molecule has 6 nitrogen and oxygen atoms in total. The zero-order valence-corrected chi connectivity index (χ0v) is 17.3. The molecule has 1 fully saturated rings. The minimum absolute atomic E-state index is 0.0289. The highest BCUT2D eigenvalue weighted by Gasteiger charge is 2.21. The number of benzene rings is 1. The third kappa shape index (κ3) is 3.69. The lowest BCUT2D eigenvalue weighted by atomic mass is 10.1. The van der Waals surface area contributed by atoms with E-state index in [-0.39, 0.29) is 18.0 Å². The lowest BCUT2D eigenvalue weighted by Crippen LogP contribution is -2.48. The maximum atomic E-state index is 13.1. The second kappa shape index (κ2) is 7.53. The van der Waals surface area contributed by atoms with E-state index in [0.29, 0.717) is 23.3 Å². The van der Waals surface area contributed by atoms with Crippen LogP contribution in [0.1, 0.15) is 0 Å². The number of hydrogen-bond acceptors (Lipinski definition) is 5. The Morgan fingerprint density at radius 2 is 1.89 bits per heavy atom. The van der Waals surface area contributed by atoms with Crippen LogP contribution >= 0.6 is 27.3 Å². The molecule has 0 N–H and O–H groups in total. The highest BCUT2D eigenvalue weighted by Crippen LogP contribution is 2.31. The lowest BCUT2D eigenvalue weighted by Gasteiger charge is -2.32. The van der Waals surface area contributed by atoms with Gasteiger partial charge in [-0.15, -0.1) is 11.3 Å². The molecule has 4 rings (SSSR count). The number of likely N-dealkylation sites (N-methyl/N-ethyl adjacent to an activating group) is 1. The number of amides is 1. The average Bonchev–Trinajstić information content (AvgIpc) is 3.10. The van der Waals surface area contributed by atoms with E-state index in [2.05, 4.69) is 25.8 Å². The monoisotopic (exact) mass is 446 g/mol. The van der Waals surface area contributed by atoms with E-state index in [0.717, 1.165) is 28.7 Å². The third-order valence-electron chi connectivity index (χ3n) is 4.88. The Hall–Kier alpha value is -2.03. The first-order chi connectivity index (χ1) is 13.0. The molecule has 27 heavy (non-hydrogen) atoms. The number of thiophene rings is 1. The van der Waals surface area contributed by atoms with Gasteiger partial charge in [0.1, 0.15) is 11.4 Å². The molecule has 2 aromatic heterocycles. The summed E-state index contributed by atoms with van der Waals surface area (Å²) in [5.41, 5.74) is 1.66. The summed E-state index contributed by atoms with van der Waals surface area (Å²) in [7, 11) is 2.05. The summed E-state index contributed by atoms with van der Waals surface area (Å²) in [6, 6.07) is 7.84. The van der Waals surface area contributed by atoms with Gasteiger partial charge in [0, 0.05) is 41.6 Å². The molecule has 1 aliphatic heterocycles. The lowest BCUT2D eigenvalue weighted by molar-refractivity contribution is -0.133. The van der Waals surface area contributed by atoms with Crippen LogP contribution in [0.2, 0.25) is 0 Å². The fraction of sp³-hybridized carbons (Fsp3) is 0.316. The van der Waals surface area contributed by atoms with Crippen molar-refractivity contribution in [1.29, 1.82) is 0 Å². The van der Waals surface area contributed by atoms with Crippen LogP contribution in [0.15, 0.2) is 45.2 Å². The summed E-state index contributed by atoms with van der Waals surface area (Å²) < 4.78 is 2.41. The molecule has 3 heterocycles. The number of piperazine rings is 1. The Labute approximate surface area is 169 Å². The predicted octanol–water partition coefficient (Wildman–Crippen LogP) is 2.66. The number of carbonyl (C=O) groups excluding carboxylic acids is 1. The van der Waals surface area contributed by atoms with E-state index < -0.39 is 0 Å². The minimum Gasteiger partial charge on any atom is -0.339 e. The number of rotatable bonds is 3. The summed E-state index contributed by atoms with van der Waals surface area (Å²) >= 11 is 4.88. The first kappa shape index (κ1) is 18.3. The van der Waals surface area contributed by atoms with E-state index in [1.165, 1.54) is 22.2 Å². The zero-order valence-electron chi connectivity index (χ0n) is 14.9. The molecule has 0 radical (unpaired) electrons. The van der Waals surface area contributed by atoms with E-state index in [9.17, 15) is 9.59 Å². The van der Waals surface area contributed by atoms with Gasteiger partial charge in [0.2, 0.25) is 5.91 Å². The molecule has 0 saturated carbocycles. The Balaban J connectivity index is 1.65. The number of halogens is 1. The van der Waals surface area contributed by atoms with Crippen molar-refractivity contribution in [2.24, 2.45) is 0 Å². The molecular weight excluding hydrogens is 428 g/mol. The van der Waals surface area contributed by atoms with Crippen LogP contribution in [-0.4, -0.2) is 58.5 Å². The number of nitrogens with zero attached hydrogens (tertiary/aromatic N) is 4. The molecule has 1 saturated heterocycles. The van der Waals surface area contributed by atoms with Gasteiger partial charge in [0.05, 0.1) is 11.7 Å². The van der Waals surface area contributed by atoms with Crippen LogP contribution in [0.25, 0.3) is 21.3 Å². The van der Waals surface area contributed by atoms with Gasteiger partial charge in [-0.25, -0.2) is 4.98 Å². The second-order valence-corrected chi connectivity index (χ2v) is 8.47. The number of hydrogen-bond donors (Lipinski definition) is 0. The normalized spacial score (nSPS) is 15.4. The smallest absolute Gasteiger partial charge is 0.263 e. The summed E-state index contributed by atoms with van der Waals surface area (Å²) in [6.45, 7) is 3.14. The molecule has 1 aliphatic rings. The van der Waals surface area contributed by atoms with Crippen molar-refractivity contribution in [3.8, 4) is 11.1 Å². The molecular formula is C19H19BrN4O2S. The second-order valence-electron chi connectivity index (χ2n) is 6.70. The van der Waals surface area contributed by atoms with Crippen molar-refractivity contribution >= 4 is 43.4 Å². The van der Waals surface area contributed by atoms with Crippen LogP contribution < -0.4 is 5.56 Å². The molecule has 0 atom stereocenters. The van der Waals surface area contributed by atoms with E-state index in [1.54, 1.807) is 0 Å². The molecule has 3 aromatic rings. The fourth-order valence-corrected chi connectivity index (χ4v) is 4.39. The summed E-state index contributed by atoms with van der Waals surface area (Å²) in [5, 5.41) is 2.53. The van der Waals surface area contributed by atoms with Gasteiger partial charge in [0.15, 0.2) is 0 Å². The van der Waals surface area contributed by atoms with Gasteiger partial charge >= 0.3 is 0 Å². The molecule has 1 amide bonds. The largest absolute Gasteiger partial charge is 0.339 e. The van der Waals surface area contributed by atoms with E-state index >= 15 is 0 Å². The van der Waals surface area contributed by atoms with Crippen molar-refractivity contribution < 1.29 is 4.79 Å². The third-order valence-corrected chi connectivity index (χ3v) is 6.29. The van der Waals surface area contributed by atoms with Crippen LogP contribution in [-0.2, 0) is 11.3 Å². The fourth-order valence-electron chi connectivity index (χ4n) is 3.22. The Morgan fingerprint density at radius 3 is 2.59 bits per heavy atom. The van der Waals surface area contributed by atoms with Crippen molar-refractivity contribution in [2.75, 3.05) is 33.2 Å². The van der Waals surface area contributed by atoms with Gasteiger partial charge in [-0.3, -0.25) is 14.2 Å². The Bertz CT molecular complexity index is 1040. The number of fused-ring (bicyclic) bond motifs is 1. The average molecular weight is 447 g/mol. The molecule has 0 unspecified atom stereocenters. The van der Waals surface area contributed by atoms with E-state index in [1.807, 2.05) is 41.6 Å². The van der Waals surface area contributed by atoms with Crippen molar-refractivity contribution in [3.63, 3.8) is 0 Å². The predicted molar refractivity (Wildman–Crippen MR) is 111 cm³/mol. The SMILES string of the molecule is CN1CCN(C(=O)Cn2cnc3scc(-c4ccc(Br)cc4)c3c2=O)CC1. The maximum Gasteiger partial charge on any atom is 0.263 e. The highest BCUT2D eigenvalue weighted by molar-refractivity contribution is 9.10. The standard InChI is InChI=1S/C19H19BrN4O2S/c1-22-6-8-23(9-7-22)16(25)10-24-12-21-18-17(19(24)26)15(11-27-18)13-2-4-14(20)5-3-13/h2-5,11-12H,6-10H2,1H3. The first-order valence-corrected chi connectivity index (χ1v) is 10.4.